The quantitative estimate of drug-likeness (QED) is 0.368. The highest BCUT2D eigenvalue weighted by Crippen LogP contribution is 2.38. The molecular weight excluding hydrogens is 356 g/mol. The standard InChI is InChI=1S/C26H18N2O/c27-17-23-21(18-10-4-1-5-11-18)16-22(19-12-6-2-7-13-19)24(25(23)28)26(29)20-14-8-3-9-15-20/h1-16H,28H2. The Labute approximate surface area is 169 Å². The minimum atomic E-state index is -0.196. The number of nitrogens with zero attached hydrogens (tertiary/aromatic N) is 1. The third-order valence-corrected chi connectivity index (χ3v) is 4.91. The van der Waals surface area contributed by atoms with E-state index in [9.17, 15) is 10.1 Å². The predicted octanol–water partition coefficient (Wildman–Crippen LogP) is 5.71. The molecule has 0 aliphatic heterocycles. The van der Waals surface area contributed by atoms with Crippen molar-refractivity contribution in [2.45, 2.75) is 0 Å². The van der Waals surface area contributed by atoms with E-state index >= 15 is 0 Å². The van der Waals surface area contributed by atoms with E-state index in [0.717, 1.165) is 16.7 Å². The van der Waals surface area contributed by atoms with Crippen molar-refractivity contribution in [3.8, 4) is 28.3 Å². The average molecular weight is 374 g/mol. The first kappa shape index (κ1) is 18.2. The van der Waals surface area contributed by atoms with Crippen LogP contribution in [0.15, 0.2) is 97.1 Å². The van der Waals surface area contributed by atoms with Crippen LogP contribution in [0.1, 0.15) is 21.5 Å². The summed E-state index contributed by atoms with van der Waals surface area (Å²) >= 11 is 0. The van der Waals surface area contributed by atoms with Crippen molar-refractivity contribution in [2.75, 3.05) is 5.73 Å². The van der Waals surface area contributed by atoms with Gasteiger partial charge in [0.05, 0.1) is 16.8 Å². The topological polar surface area (TPSA) is 66.9 Å². The van der Waals surface area contributed by atoms with E-state index in [1.807, 2.05) is 84.9 Å². The summed E-state index contributed by atoms with van der Waals surface area (Å²) < 4.78 is 0. The highest BCUT2D eigenvalue weighted by atomic mass is 16.1. The minimum absolute atomic E-state index is 0.196. The van der Waals surface area contributed by atoms with Gasteiger partial charge in [-0.05, 0) is 22.8 Å². The molecule has 0 spiro atoms. The van der Waals surface area contributed by atoms with Crippen LogP contribution < -0.4 is 5.73 Å². The van der Waals surface area contributed by atoms with Crippen LogP contribution in [-0.4, -0.2) is 5.78 Å². The molecule has 0 fully saturated rings. The van der Waals surface area contributed by atoms with E-state index in [4.69, 9.17) is 5.73 Å². The van der Waals surface area contributed by atoms with Gasteiger partial charge in [0.2, 0.25) is 0 Å². The molecular formula is C26H18N2O. The lowest BCUT2D eigenvalue weighted by atomic mass is 9.86. The van der Waals surface area contributed by atoms with Crippen molar-refractivity contribution < 1.29 is 4.79 Å². The molecule has 0 unspecified atom stereocenters. The van der Waals surface area contributed by atoms with E-state index in [2.05, 4.69) is 6.07 Å². The summed E-state index contributed by atoms with van der Waals surface area (Å²) in [5, 5.41) is 9.86. The van der Waals surface area contributed by atoms with Crippen LogP contribution in [0.3, 0.4) is 0 Å². The van der Waals surface area contributed by atoms with Crippen LogP contribution >= 0.6 is 0 Å². The van der Waals surface area contributed by atoms with E-state index in [1.54, 1.807) is 12.1 Å². The van der Waals surface area contributed by atoms with Gasteiger partial charge in [-0.1, -0.05) is 91.0 Å². The fourth-order valence-electron chi connectivity index (χ4n) is 3.49. The van der Waals surface area contributed by atoms with Gasteiger partial charge in [0.15, 0.2) is 5.78 Å². The summed E-state index contributed by atoms with van der Waals surface area (Å²) in [5.41, 5.74) is 11.1. The number of nitrogens with two attached hydrogens (primary N) is 1. The van der Waals surface area contributed by atoms with E-state index in [0.29, 0.717) is 22.3 Å². The Balaban J connectivity index is 2.05. The number of hydrogen-bond donors (Lipinski definition) is 1. The Morgan fingerprint density at radius 1 is 0.724 bits per heavy atom. The summed E-state index contributed by atoms with van der Waals surface area (Å²) in [7, 11) is 0. The number of carbonyl (C=O) groups excluding carboxylic acids is 1. The number of ketones is 1. The maximum atomic E-state index is 13.4. The van der Waals surface area contributed by atoms with Gasteiger partial charge in [0.1, 0.15) is 6.07 Å². The van der Waals surface area contributed by atoms with Gasteiger partial charge in [0, 0.05) is 11.1 Å². The Morgan fingerprint density at radius 2 is 1.21 bits per heavy atom. The molecule has 138 valence electrons. The van der Waals surface area contributed by atoms with E-state index in [1.165, 1.54) is 0 Å². The monoisotopic (exact) mass is 374 g/mol. The fraction of sp³-hybridized carbons (Fsp3) is 0. The summed E-state index contributed by atoms with van der Waals surface area (Å²) in [4.78, 5) is 13.4. The molecule has 4 aromatic rings. The lowest BCUT2D eigenvalue weighted by Crippen LogP contribution is -2.10. The number of anilines is 1. The number of carbonyl (C=O) groups is 1. The van der Waals surface area contributed by atoms with Gasteiger partial charge < -0.3 is 5.73 Å². The van der Waals surface area contributed by atoms with Crippen molar-refractivity contribution in [3.05, 3.63) is 114 Å². The van der Waals surface area contributed by atoms with E-state index < -0.39 is 0 Å². The molecule has 29 heavy (non-hydrogen) atoms. The molecule has 3 heteroatoms. The van der Waals surface area contributed by atoms with E-state index in [-0.39, 0.29) is 11.5 Å². The second-order valence-corrected chi connectivity index (χ2v) is 6.67. The van der Waals surface area contributed by atoms with Gasteiger partial charge in [-0.3, -0.25) is 4.79 Å². The second kappa shape index (κ2) is 7.84. The first-order valence-corrected chi connectivity index (χ1v) is 9.28. The first-order chi connectivity index (χ1) is 14.2. The summed E-state index contributed by atoms with van der Waals surface area (Å²) in [6.07, 6.45) is 0. The van der Waals surface area contributed by atoms with Crippen LogP contribution in [0.4, 0.5) is 5.69 Å². The molecule has 0 amide bonds. The first-order valence-electron chi connectivity index (χ1n) is 9.28. The molecule has 2 N–H and O–H groups in total. The van der Waals surface area contributed by atoms with Gasteiger partial charge >= 0.3 is 0 Å². The van der Waals surface area contributed by atoms with Crippen molar-refractivity contribution in [1.82, 2.24) is 0 Å². The van der Waals surface area contributed by atoms with Crippen molar-refractivity contribution in [3.63, 3.8) is 0 Å². The maximum absolute atomic E-state index is 13.4. The summed E-state index contributed by atoms with van der Waals surface area (Å²) in [6.45, 7) is 0. The second-order valence-electron chi connectivity index (χ2n) is 6.67. The molecule has 4 rings (SSSR count). The van der Waals surface area contributed by atoms with Gasteiger partial charge in [-0.15, -0.1) is 0 Å². The maximum Gasteiger partial charge on any atom is 0.195 e. The summed E-state index contributed by atoms with van der Waals surface area (Å²) in [6, 6.07) is 32.4. The number of nitriles is 1. The summed E-state index contributed by atoms with van der Waals surface area (Å²) in [5.74, 6) is -0.196. The molecule has 0 aliphatic carbocycles. The Kier molecular flexibility index (Phi) is 4.92. The number of rotatable bonds is 4. The molecule has 0 radical (unpaired) electrons. The molecule has 0 aliphatic rings. The molecule has 0 heterocycles. The number of nitrogen functional groups attached to an aromatic ring is 1. The van der Waals surface area contributed by atoms with Crippen LogP contribution in [0.5, 0.6) is 0 Å². The lowest BCUT2D eigenvalue weighted by molar-refractivity contribution is 0.104. The molecule has 0 saturated carbocycles. The third kappa shape index (κ3) is 3.40. The zero-order valence-corrected chi connectivity index (χ0v) is 15.7. The SMILES string of the molecule is N#Cc1c(-c2ccccc2)cc(-c2ccccc2)c(C(=O)c2ccccc2)c1N. The van der Waals surface area contributed by atoms with Crippen molar-refractivity contribution >= 4 is 11.5 Å². The third-order valence-electron chi connectivity index (χ3n) is 4.91. The van der Waals surface area contributed by atoms with Crippen LogP contribution in [0.2, 0.25) is 0 Å². The normalized spacial score (nSPS) is 10.3. The number of benzene rings is 4. The smallest absolute Gasteiger partial charge is 0.195 e. The van der Waals surface area contributed by atoms with Crippen LogP contribution in [0, 0.1) is 11.3 Å². The zero-order chi connectivity index (χ0) is 20.2. The largest absolute Gasteiger partial charge is 0.397 e. The molecule has 4 aromatic carbocycles. The molecule has 3 nitrogen and oxygen atoms in total. The predicted molar refractivity (Wildman–Crippen MR) is 116 cm³/mol. The van der Waals surface area contributed by atoms with Gasteiger partial charge in [-0.2, -0.15) is 5.26 Å². The Bertz CT molecular complexity index is 1210. The molecule has 0 saturated heterocycles. The van der Waals surface area contributed by atoms with Gasteiger partial charge in [-0.25, -0.2) is 0 Å². The van der Waals surface area contributed by atoms with Crippen LogP contribution in [-0.2, 0) is 0 Å². The lowest BCUT2D eigenvalue weighted by Gasteiger charge is -2.17. The Morgan fingerprint density at radius 3 is 1.72 bits per heavy atom. The molecule has 0 bridgehead atoms. The van der Waals surface area contributed by atoms with Gasteiger partial charge in [0.25, 0.3) is 0 Å². The van der Waals surface area contributed by atoms with Crippen molar-refractivity contribution in [1.29, 1.82) is 5.26 Å². The zero-order valence-electron chi connectivity index (χ0n) is 15.7. The van der Waals surface area contributed by atoms with Crippen molar-refractivity contribution in [2.24, 2.45) is 0 Å². The highest BCUT2D eigenvalue weighted by Gasteiger charge is 2.23. The average Bonchev–Trinajstić information content (AvgIpc) is 2.79. The van der Waals surface area contributed by atoms with Crippen LogP contribution in [0.25, 0.3) is 22.3 Å². The molecule has 0 atom stereocenters. The molecule has 0 aromatic heterocycles. The Hall–Kier alpha value is -4.16. The minimum Gasteiger partial charge on any atom is -0.397 e. The fourth-order valence-corrected chi connectivity index (χ4v) is 3.49. The number of hydrogen-bond acceptors (Lipinski definition) is 3. The highest BCUT2D eigenvalue weighted by molar-refractivity contribution is 6.17.